The number of rotatable bonds is 3. The topological polar surface area (TPSA) is 123 Å². The van der Waals surface area contributed by atoms with Gasteiger partial charge in [0, 0.05) is 35.5 Å². The van der Waals surface area contributed by atoms with Gasteiger partial charge in [0.25, 0.3) is 6.36 Å². The molecule has 0 spiro atoms. The minimum Gasteiger partial charge on any atom is -0.465 e. The van der Waals surface area contributed by atoms with Gasteiger partial charge >= 0.3 is 6.09 Å². The molecule has 2 aliphatic heterocycles. The van der Waals surface area contributed by atoms with Crippen molar-refractivity contribution in [2.24, 2.45) is 0 Å². The largest absolute Gasteiger partial charge is 0.465 e. The van der Waals surface area contributed by atoms with Crippen LogP contribution in [0, 0.1) is 12.7 Å². The number of nitrogens with two attached hydrogens (primary N) is 1. The van der Waals surface area contributed by atoms with E-state index in [4.69, 9.17) is 15.2 Å². The lowest BCUT2D eigenvalue weighted by Gasteiger charge is -2.25. The molecule has 172 valence electrons. The van der Waals surface area contributed by atoms with Gasteiger partial charge in [-0.25, -0.2) is 19.2 Å². The maximum atomic E-state index is 15.3. The Bertz CT molecular complexity index is 1270. The second kappa shape index (κ2) is 8.00. The molecule has 33 heavy (non-hydrogen) atoms. The maximum Gasteiger partial charge on any atom is 0.413 e. The lowest BCUT2D eigenvalue weighted by Crippen LogP contribution is -2.40. The third kappa shape index (κ3) is 3.54. The molecule has 0 saturated carbocycles. The second-order valence-corrected chi connectivity index (χ2v) is 7.97. The summed E-state index contributed by atoms with van der Waals surface area (Å²) in [6.07, 6.45) is 0.653. The Morgan fingerprint density at radius 3 is 2.85 bits per heavy atom. The van der Waals surface area contributed by atoms with Gasteiger partial charge < -0.3 is 25.6 Å². The Morgan fingerprint density at radius 1 is 1.30 bits per heavy atom. The maximum absolute atomic E-state index is 15.3. The highest BCUT2D eigenvalue weighted by molar-refractivity contribution is 5.99. The van der Waals surface area contributed by atoms with E-state index in [0.717, 1.165) is 4.90 Å². The van der Waals surface area contributed by atoms with Gasteiger partial charge in [-0.1, -0.05) is 0 Å². The smallest absolute Gasteiger partial charge is 0.413 e. The van der Waals surface area contributed by atoms with Crippen molar-refractivity contribution in [3.05, 3.63) is 35.9 Å². The van der Waals surface area contributed by atoms with E-state index in [1.807, 2.05) is 0 Å². The number of aromatic nitrogens is 2. The molecular weight excluding hydrogens is 436 g/mol. The summed E-state index contributed by atoms with van der Waals surface area (Å²) in [5.74, 6) is -0.348. The van der Waals surface area contributed by atoms with E-state index in [1.54, 1.807) is 19.1 Å². The van der Waals surface area contributed by atoms with Crippen molar-refractivity contribution in [3.63, 3.8) is 0 Å². The number of pyridine rings is 2. The average Bonchev–Trinajstić information content (AvgIpc) is 3.30. The quantitative estimate of drug-likeness (QED) is 0.509. The molecule has 2 aliphatic rings. The van der Waals surface area contributed by atoms with Crippen molar-refractivity contribution >= 4 is 34.1 Å². The van der Waals surface area contributed by atoms with E-state index in [0.29, 0.717) is 40.6 Å². The van der Waals surface area contributed by atoms with Crippen molar-refractivity contribution in [2.45, 2.75) is 25.7 Å². The number of hydrogen-bond donors (Lipinski definition) is 3. The van der Waals surface area contributed by atoms with Gasteiger partial charge in [0.15, 0.2) is 5.82 Å². The number of fused-ring (bicyclic) bond motifs is 2. The number of anilines is 3. The van der Waals surface area contributed by atoms with Crippen LogP contribution in [0.25, 0.3) is 21.9 Å². The van der Waals surface area contributed by atoms with Crippen LogP contribution in [-0.2, 0) is 4.74 Å². The number of hydrogen-bond acceptors (Lipinski definition) is 7. The molecule has 9 nitrogen and oxygen atoms in total. The molecule has 1 saturated heterocycles. The van der Waals surface area contributed by atoms with Gasteiger partial charge in [0.1, 0.15) is 11.5 Å². The Labute approximate surface area is 187 Å². The fraction of sp³-hybridized carbons (Fsp3) is 0.318. The predicted molar refractivity (Wildman–Crippen MR) is 118 cm³/mol. The first kappa shape index (κ1) is 21.1. The average molecular weight is 457 g/mol. The number of nitrogen functional groups attached to an aromatic ring is 1. The van der Waals surface area contributed by atoms with Crippen LogP contribution in [0.4, 0.5) is 30.8 Å². The summed E-state index contributed by atoms with van der Waals surface area (Å²) >= 11 is 0. The number of nitrogens with one attached hydrogen (secondary N) is 1. The summed E-state index contributed by atoms with van der Waals surface area (Å²) in [5, 5.41) is 13.5. The Morgan fingerprint density at radius 2 is 2.12 bits per heavy atom. The van der Waals surface area contributed by atoms with E-state index in [1.165, 1.54) is 12.4 Å². The molecule has 0 aliphatic carbocycles. The van der Waals surface area contributed by atoms with Gasteiger partial charge in [0.05, 0.1) is 24.9 Å². The summed E-state index contributed by atoms with van der Waals surface area (Å²) in [4.78, 5) is 21.5. The van der Waals surface area contributed by atoms with Crippen molar-refractivity contribution < 1.29 is 28.2 Å². The SMILES string of the molecule is Cc1c(-c2cc3cc(N(C(=O)O)[C@H]4CCOC4)ncc3c(N)c2F)cnc2c1NC[C@H](F)O2. The molecule has 2 atom stereocenters. The summed E-state index contributed by atoms with van der Waals surface area (Å²) in [6, 6.07) is 2.79. The summed E-state index contributed by atoms with van der Waals surface area (Å²) < 4.78 is 39.3. The van der Waals surface area contributed by atoms with Gasteiger partial charge in [-0.05, 0) is 36.4 Å². The molecule has 0 bridgehead atoms. The third-order valence-corrected chi connectivity index (χ3v) is 5.98. The summed E-state index contributed by atoms with van der Waals surface area (Å²) in [6.45, 7) is 2.44. The first-order valence-corrected chi connectivity index (χ1v) is 10.4. The molecular formula is C22H21F2N5O4. The Hall–Kier alpha value is -3.73. The van der Waals surface area contributed by atoms with Crippen LogP contribution in [0.1, 0.15) is 12.0 Å². The van der Waals surface area contributed by atoms with E-state index in [2.05, 4.69) is 15.3 Å². The van der Waals surface area contributed by atoms with Crippen LogP contribution in [0.15, 0.2) is 24.5 Å². The minimum absolute atomic E-state index is 0.0494. The van der Waals surface area contributed by atoms with E-state index >= 15 is 4.39 Å². The monoisotopic (exact) mass is 457 g/mol. The van der Waals surface area contributed by atoms with Crippen molar-refractivity contribution in [3.8, 4) is 17.0 Å². The minimum atomic E-state index is -1.52. The molecule has 1 fully saturated rings. The number of amides is 1. The fourth-order valence-electron chi connectivity index (χ4n) is 4.27. The molecule has 11 heteroatoms. The lowest BCUT2D eigenvalue weighted by atomic mass is 9.97. The van der Waals surface area contributed by atoms with Gasteiger partial charge in [0.2, 0.25) is 5.88 Å². The molecule has 0 unspecified atom stereocenters. The predicted octanol–water partition coefficient (Wildman–Crippen LogP) is 3.70. The van der Waals surface area contributed by atoms with Crippen molar-refractivity contribution in [2.75, 3.05) is 35.7 Å². The number of carbonyl (C=O) groups is 1. The molecule has 0 radical (unpaired) electrons. The number of benzene rings is 1. The van der Waals surface area contributed by atoms with Crippen molar-refractivity contribution in [1.82, 2.24) is 9.97 Å². The number of alkyl halides is 1. The van der Waals surface area contributed by atoms with E-state index in [9.17, 15) is 14.3 Å². The van der Waals surface area contributed by atoms with Gasteiger partial charge in [-0.15, -0.1) is 0 Å². The molecule has 3 aromatic rings. The van der Waals surface area contributed by atoms with Crippen LogP contribution in [-0.4, -0.2) is 53.3 Å². The normalized spacial score (nSPS) is 19.6. The fourth-order valence-corrected chi connectivity index (χ4v) is 4.27. The van der Waals surface area contributed by atoms with Crippen LogP contribution in [0.3, 0.4) is 0 Å². The first-order chi connectivity index (χ1) is 15.8. The van der Waals surface area contributed by atoms with Crippen LogP contribution >= 0.6 is 0 Å². The molecule has 1 aromatic carbocycles. The number of nitrogens with zero attached hydrogens (tertiary/aromatic N) is 3. The molecule has 4 heterocycles. The summed E-state index contributed by atoms with van der Waals surface area (Å²) in [5.41, 5.74) is 7.71. The number of carboxylic acid groups (broad SMARTS) is 1. The van der Waals surface area contributed by atoms with Gasteiger partial charge in [-0.2, -0.15) is 4.39 Å². The van der Waals surface area contributed by atoms with E-state index in [-0.39, 0.29) is 42.1 Å². The molecule has 1 amide bonds. The molecule has 5 rings (SSSR count). The standard InChI is InChI=1S/C22H21F2N5O4/c1-10-14(6-28-21-20(10)27-8-16(23)33-21)13-4-11-5-17(26-7-15(11)19(25)18(13)24)29(22(30)31)12-2-3-32-9-12/h4-7,12,16,27H,2-3,8-9,25H2,1H3,(H,30,31)/t12-,16+/m0/s1. The molecule has 2 aromatic heterocycles. The second-order valence-electron chi connectivity index (χ2n) is 7.97. The summed E-state index contributed by atoms with van der Waals surface area (Å²) in [7, 11) is 0. The lowest BCUT2D eigenvalue weighted by molar-refractivity contribution is 0.0688. The van der Waals surface area contributed by atoms with Crippen LogP contribution in [0.2, 0.25) is 0 Å². The van der Waals surface area contributed by atoms with Gasteiger partial charge in [-0.3, -0.25) is 4.90 Å². The number of halogens is 2. The zero-order valence-electron chi connectivity index (χ0n) is 17.6. The first-order valence-electron chi connectivity index (χ1n) is 10.4. The van der Waals surface area contributed by atoms with E-state index < -0.39 is 18.3 Å². The van der Waals surface area contributed by atoms with Crippen molar-refractivity contribution in [1.29, 1.82) is 0 Å². The highest BCUT2D eigenvalue weighted by atomic mass is 19.1. The Balaban J connectivity index is 1.64. The highest BCUT2D eigenvalue weighted by Gasteiger charge is 2.30. The molecule has 4 N–H and O–H groups in total. The van der Waals surface area contributed by atoms with Crippen LogP contribution in [0.5, 0.6) is 5.88 Å². The number of ether oxygens (including phenoxy) is 2. The zero-order chi connectivity index (χ0) is 23.3. The highest BCUT2D eigenvalue weighted by Crippen LogP contribution is 2.40. The Kier molecular flexibility index (Phi) is 5.12. The zero-order valence-corrected chi connectivity index (χ0v) is 17.6. The third-order valence-electron chi connectivity index (χ3n) is 5.98. The van der Waals surface area contributed by atoms with Crippen LogP contribution < -0.4 is 20.7 Å².